The van der Waals surface area contributed by atoms with Gasteiger partial charge in [0.05, 0.1) is 45.3 Å². The molecule has 0 amide bonds. The maximum absolute atomic E-state index is 12.8. The molecule has 0 saturated carbocycles. The monoisotopic (exact) mass is 377 g/mol. The highest BCUT2D eigenvalue weighted by atomic mass is 32.2. The van der Waals surface area contributed by atoms with Gasteiger partial charge in [-0.1, -0.05) is 0 Å². The molecule has 2 aromatic carbocycles. The van der Waals surface area contributed by atoms with Crippen LogP contribution in [0, 0.1) is 0 Å². The third-order valence-corrected chi connectivity index (χ3v) is 6.65. The molecule has 0 aliphatic carbocycles. The summed E-state index contributed by atoms with van der Waals surface area (Å²) in [6.07, 6.45) is 0. The van der Waals surface area contributed by atoms with Crippen molar-refractivity contribution in [1.82, 2.24) is 4.31 Å². The van der Waals surface area contributed by atoms with Gasteiger partial charge < -0.3 is 14.4 Å². The molecule has 6 nitrogen and oxygen atoms in total. The highest BCUT2D eigenvalue weighted by Crippen LogP contribution is 2.19. The van der Waals surface area contributed by atoms with Gasteiger partial charge in [0.2, 0.25) is 10.0 Å². The Morgan fingerprint density at radius 2 is 1.38 bits per heavy atom. The number of rotatable bonds is 6. The lowest BCUT2D eigenvalue weighted by molar-refractivity contribution is -0.917. The minimum Gasteiger partial charge on any atom is -0.497 e. The van der Waals surface area contributed by atoms with E-state index in [1.807, 2.05) is 12.1 Å². The van der Waals surface area contributed by atoms with Crippen molar-refractivity contribution in [1.29, 1.82) is 0 Å². The molecule has 1 aliphatic rings. The van der Waals surface area contributed by atoms with E-state index < -0.39 is 10.0 Å². The topological polar surface area (TPSA) is 60.3 Å². The number of benzene rings is 2. The first-order valence-corrected chi connectivity index (χ1v) is 10.1. The Labute approximate surface area is 155 Å². The summed E-state index contributed by atoms with van der Waals surface area (Å²) in [6.45, 7) is 3.53. The SMILES string of the molecule is COc1ccc(C[NH+]2CCN(S(=O)(=O)c3ccc(OC)cc3)CC2)cc1. The second kappa shape index (κ2) is 8.07. The van der Waals surface area contributed by atoms with Crippen molar-refractivity contribution in [3.63, 3.8) is 0 Å². The number of piperazine rings is 1. The van der Waals surface area contributed by atoms with E-state index in [0.717, 1.165) is 25.4 Å². The van der Waals surface area contributed by atoms with Crippen molar-refractivity contribution in [3.8, 4) is 11.5 Å². The zero-order valence-electron chi connectivity index (χ0n) is 15.1. The van der Waals surface area contributed by atoms with Crippen LogP contribution < -0.4 is 14.4 Å². The van der Waals surface area contributed by atoms with E-state index in [2.05, 4.69) is 12.1 Å². The predicted octanol–water partition coefficient (Wildman–Crippen LogP) is 0.793. The van der Waals surface area contributed by atoms with Crippen molar-refractivity contribution in [2.45, 2.75) is 11.4 Å². The first-order chi connectivity index (χ1) is 12.5. The first-order valence-electron chi connectivity index (χ1n) is 8.63. The van der Waals surface area contributed by atoms with Crippen LogP contribution >= 0.6 is 0 Å². The van der Waals surface area contributed by atoms with E-state index in [-0.39, 0.29) is 0 Å². The second-order valence-electron chi connectivity index (χ2n) is 6.35. The Balaban J connectivity index is 1.59. The summed E-state index contributed by atoms with van der Waals surface area (Å²) in [5.41, 5.74) is 1.23. The van der Waals surface area contributed by atoms with Crippen molar-refractivity contribution in [3.05, 3.63) is 54.1 Å². The van der Waals surface area contributed by atoms with E-state index in [1.54, 1.807) is 42.8 Å². The van der Waals surface area contributed by atoms with Gasteiger partial charge in [0, 0.05) is 5.56 Å². The van der Waals surface area contributed by atoms with Crippen LogP contribution in [0.25, 0.3) is 0 Å². The predicted molar refractivity (Wildman–Crippen MR) is 99.1 cm³/mol. The molecular weight excluding hydrogens is 352 g/mol. The van der Waals surface area contributed by atoms with Crippen LogP contribution in [-0.4, -0.2) is 53.1 Å². The summed E-state index contributed by atoms with van der Waals surface area (Å²) in [7, 11) is -0.225. The Kier molecular flexibility index (Phi) is 5.80. The number of hydrogen-bond acceptors (Lipinski definition) is 4. The van der Waals surface area contributed by atoms with Crippen LogP contribution in [0.15, 0.2) is 53.4 Å². The minimum atomic E-state index is -3.44. The average Bonchev–Trinajstić information content (AvgIpc) is 2.69. The van der Waals surface area contributed by atoms with Crippen molar-refractivity contribution in [2.24, 2.45) is 0 Å². The molecule has 26 heavy (non-hydrogen) atoms. The van der Waals surface area contributed by atoms with Gasteiger partial charge in [-0.2, -0.15) is 4.31 Å². The number of ether oxygens (including phenoxy) is 2. The lowest BCUT2D eigenvalue weighted by Gasteiger charge is -2.31. The number of nitrogens with zero attached hydrogens (tertiary/aromatic N) is 1. The lowest BCUT2D eigenvalue weighted by Crippen LogP contribution is -3.13. The largest absolute Gasteiger partial charge is 0.497 e. The third-order valence-electron chi connectivity index (χ3n) is 4.74. The molecule has 3 rings (SSSR count). The highest BCUT2D eigenvalue weighted by Gasteiger charge is 2.30. The summed E-state index contributed by atoms with van der Waals surface area (Å²) >= 11 is 0. The molecule has 140 valence electrons. The van der Waals surface area contributed by atoms with Gasteiger partial charge in [0.1, 0.15) is 18.0 Å². The van der Waals surface area contributed by atoms with E-state index in [9.17, 15) is 8.42 Å². The van der Waals surface area contributed by atoms with E-state index in [1.165, 1.54) is 10.5 Å². The number of quaternary nitrogens is 1. The van der Waals surface area contributed by atoms with Gasteiger partial charge in [-0.05, 0) is 48.5 Å². The minimum absolute atomic E-state index is 0.317. The smallest absolute Gasteiger partial charge is 0.243 e. The highest BCUT2D eigenvalue weighted by molar-refractivity contribution is 7.89. The quantitative estimate of drug-likeness (QED) is 0.809. The summed E-state index contributed by atoms with van der Waals surface area (Å²) in [6, 6.07) is 14.6. The molecule has 1 heterocycles. The van der Waals surface area contributed by atoms with Crippen LogP contribution in [0.2, 0.25) is 0 Å². The number of nitrogens with one attached hydrogen (secondary N) is 1. The van der Waals surface area contributed by atoms with Crippen molar-refractivity contribution < 1.29 is 22.8 Å². The Bertz CT molecular complexity index is 812. The van der Waals surface area contributed by atoms with E-state index in [4.69, 9.17) is 9.47 Å². The molecule has 0 bridgehead atoms. The van der Waals surface area contributed by atoms with Crippen LogP contribution in [-0.2, 0) is 16.6 Å². The molecule has 1 fully saturated rings. The fraction of sp³-hybridized carbons (Fsp3) is 0.368. The van der Waals surface area contributed by atoms with Crippen molar-refractivity contribution >= 4 is 10.0 Å². The van der Waals surface area contributed by atoms with Gasteiger partial charge in [-0.15, -0.1) is 0 Å². The number of sulfonamides is 1. The molecule has 0 atom stereocenters. The van der Waals surface area contributed by atoms with Gasteiger partial charge >= 0.3 is 0 Å². The third kappa shape index (κ3) is 4.17. The number of hydrogen-bond donors (Lipinski definition) is 1. The van der Waals surface area contributed by atoms with E-state index >= 15 is 0 Å². The van der Waals surface area contributed by atoms with Gasteiger partial charge in [-0.3, -0.25) is 0 Å². The summed E-state index contributed by atoms with van der Waals surface area (Å²) in [5, 5.41) is 0. The summed E-state index contributed by atoms with van der Waals surface area (Å²) in [4.78, 5) is 1.70. The molecule has 7 heteroatoms. The van der Waals surface area contributed by atoms with Crippen LogP contribution in [0.3, 0.4) is 0 Å². The fourth-order valence-corrected chi connectivity index (χ4v) is 4.59. The molecular formula is C19H25N2O4S+. The van der Waals surface area contributed by atoms with Gasteiger partial charge in [-0.25, -0.2) is 8.42 Å². The maximum Gasteiger partial charge on any atom is 0.243 e. The Hall–Kier alpha value is -2.09. The molecule has 2 aromatic rings. The lowest BCUT2D eigenvalue weighted by atomic mass is 10.2. The Morgan fingerprint density at radius 1 is 0.885 bits per heavy atom. The summed E-state index contributed by atoms with van der Waals surface area (Å²) in [5.74, 6) is 1.50. The van der Waals surface area contributed by atoms with Crippen molar-refractivity contribution in [2.75, 3.05) is 40.4 Å². The Morgan fingerprint density at radius 3 is 1.88 bits per heavy atom. The standard InChI is InChI=1S/C19H24N2O4S/c1-24-17-5-3-16(4-6-17)15-20-11-13-21(14-12-20)26(22,23)19-9-7-18(25-2)8-10-19/h3-10H,11-15H2,1-2H3/p+1. The van der Waals surface area contributed by atoms with Crippen LogP contribution in [0.5, 0.6) is 11.5 Å². The summed E-state index contributed by atoms with van der Waals surface area (Å²) < 4.78 is 37.4. The second-order valence-corrected chi connectivity index (χ2v) is 8.29. The first kappa shape index (κ1) is 18.7. The van der Waals surface area contributed by atoms with E-state index in [0.29, 0.717) is 23.7 Å². The van der Waals surface area contributed by atoms with Gasteiger partial charge in [0.15, 0.2) is 0 Å². The maximum atomic E-state index is 12.8. The zero-order valence-corrected chi connectivity index (χ0v) is 16.0. The number of methoxy groups -OCH3 is 2. The molecule has 1 aliphatic heterocycles. The molecule has 0 unspecified atom stereocenters. The zero-order chi connectivity index (χ0) is 18.6. The average molecular weight is 377 g/mol. The van der Waals surface area contributed by atoms with Crippen LogP contribution in [0.4, 0.5) is 0 Å². The molecule has 0 spiro atoms. The normalized spacial score (nSPS) is 16.4. The van der Waals surface area contributed by atoms with Gasteiger partial charge in [0.25, 0.3) is 0 Å². The molecule has 1 N–H and O–H groups in total. The molecule has 0 aromatic heterocycles. The van der Waals surface area contributed by atoms with Crippen LogP contribution in [0.1, 0.15) is 5.56 Å². The fourth-order valence-electron chi connectivity index (χ4n) is 3.15. The molecule has 1 saturated heterocycles. The molecule has 0 radical (unpaired) electrons.